The predicted molar refractivity (Wildman–Crippen MR) is 72.5 cm³/mol. The number of carbonyl (C=O) groups excluding carboxylic acids is 1. The molecule has 1 N–H and O–H groups in total. The molecule has 1 aliphatic rings. The van der Waals surface area contributed by atoms with Crippen molar-refractivity contribution in [2.45, 2.75) is 17.7 Å². The minimum Gasteiger partial charge on any atom is -0.343 e. The second-order valence-corrected chi connectivity index (χ2v) is 6.54. The number of carbonyl (C=O) groups is 1. The number of amides is 1. The Balaban J connectivity index is 1.89. The van der Waals surface area contributed by atoms with E-state index >= 15 is 0 Å². The Labute approximate surface area is 117 Å². The summed E-state index contributed by atoms with van der Waals surface area (Å²) in [5, 5.41) is 0.361. The lowest BCUT2D eigenvalue weighted by Gasteiger charge is -2.30. The van der Waals surface area contributed by atoms with Gasteiger partial charge in [-0.05, 0) is 24.6 Å². The van der Waals surface area contributed by atoms with Crippen LogP contribution in [0.25, 0.3) is 0 Å². The Morgan fingerprint density at radius 1 is 1.37 bits per heavy atom. The van der Waals surface area contributed by atoms with Gasteiger partial charge in [-0.25, -0.2) is 13.1 Å². The summed E-state index contributed by atoms with van der Waals surface area (Å²) in [6, 6.07) is 6.02. The van der Waals surface area contributed by atoms with E-state index in [2.05, 4.69) is 4.72 Å². The van der Waals surface area contributed by atoms with Crippen molar-refractivity contribution >= 4 is 27.5 Å². The number of hydrogen-bond acceptors (Lipinski definition) is 3. The molecule has 104 valence electrons. The molecule has 0 saturated carbocycles. The van der Waals surface area contributed by atoms with E-state index in [1.165, 1.54) is 12.1 Å². The molecule has 0 spiro atoms. The van der Waals surface area contributed by atoms with Gasteiger partial charge in [-0.15, -0.1) is 0 Å². The maximum absolute atomic E-state index is 11.9. The fourth-order valence-corrected chi connectivity index (χ4v) is 3.07. The monoisotopic (exact) mass is 302 g/mol. The number of halogens is 1. The van der Waals surface area contributed by atoms with E-state index in [0.717, 1.165) is 19.5 Å². The summed E-state index contributed by atoms with van der Waals surface area (Å²) in [6.07, 6.45) is 1.21. The molecule has 1 heterocycles. The van der Waals surface area contributed by atoms with Crippen molar-refractivity contribution in [1.82, 2.24) is 9.62 Å². The summed E-state index contributed by atoms with van der Waals surface area (Å²) in [5.74, 6) is -0.0138. The highest BCUT2D eigenvalue weighted by Gasteiger charge is 2.20. The molecule has 0 aromatic heterocycles. The summed E-state index contributed by atoms with van der Waals surface area (Å²) in [6.45, 7) is 1.66. The van der Waals surface area contributed by atoms with Gasteiger partial charge in [-0.2, -0.15) is 0 Å². The molecule has 1 aliphatic heterocycles. The van der Waals surface area contributed by atoms with Crippen LogP contribution in [-0.4, -0.2) is 38.9 Å². The molecule has 1 aromatic rings. The fourth-order valence-electron chi connectivity index (χ4n) is 1.73. The van der Waals surface area contributed by atoms with Crippen LogP contribution in [0.2, 0.25) is 5.02 Å². The van der Waals surface area contributed by atoms with Crippen molar-refractivity contribution in [2.75, 3.05) is 19.6 Å². The van der Waals surface area contributed by atoms with Gasteiger partial charge in [-0.3, -0.25) is 4.79 Å². The average Bonchev–Trinajstić information content (AvgIpc) is 2.26. The molecule has 0 unspecified atom stereocenters. The molecule has 0 radical (unpaired) electrons. The standard InChI is InChI=1S/C12H15ClN2O3S/c13-10-3-1-4-11(9-10)19(17,18)14-6-5-12(16)15-7-2-8-15/h1,3-4,9,14H,2,5-8H2. The first-order chi connectivity index (χ1) is 8.99. The minimum absolute atomic E-state index is 0.0138. The molecule has 19 heavy (non-hydrogen) atoms. The largest absolute Gasteiger partial charge is 0.343 e. The number of nitrogens with zero attached hydrogens (tertiary/aromatic N) is 1. The summed E-state index contributed by atoms with van der Waals surface area (Å²) in [4.78, 5) is 13.4. The molecule has 5 nitrogen and oxygen atoms in total. The van der Waals surface area contributed by atoms with E-state index in [0.29, 0.717) is 5.02 Å². The van der Waals surface area contributed by atoms with Gasteiger partial charge in [0.15, 0.2) is 0 Å². The normalized spacial score (nSPS) is 15.1. The Morgan fingerprint density at radius 3 is 2.68 bits per heavy atom. The fraction of sp³-hybridized carbons (Fsp3) is 0.417. The van der Waals surface area contributed by atoms with Gasteiger partial charge in [0, 0.05) is 31.1 Å². The van der Waals surface area contributed by atoms with E-state index in [4.69, 9.17) is 11.6 Å². The number of likely N-dealkylation sites (tertiary alicyclic amines) is 1. The van der Waals surface area contributed by atoms with Crippen LogP contribution in [0.3, 0.4) is 0 Å². The quantitative estimate of drug-likeness (QED) is 0.890. The van der Waals surface area contributed by atoms with Gasteiger partial charge in [0.1, 0.15) is 0 Å². The van der Waals surface area contributed by atoms with Crippen LogP contribution in [0.4, 0.5) is 0 Å². The molecule has 0 aliphatic carbocycles. The molecular formula is C12H15ClN2O3S. The number of nitrogens with one attached hydrogen (secondary N) is 1. The van der Waals surface area contributed by atoms with Crippen LogP contribution in [-0.2, 0) is 14.8 Å². The van der Waals surface area contributed by atoms with Gasteiger partial charge in [-0.1, -0.05) is 17.7 Å². The third-order valence-corrected chi connectivity index (χ3v) is 4.64. The second-order valence-electron chi connectivity index (χ2n) is 4.34. The van der Waals surface area contributed by atoms with Gasteiger partial charge in [0.05, 0.1) is 4.90 Å². The SMILES string of the molecule is O=C(CCNS(=O)(=O)c1cccc(Cl)c1)N1CCC1. The van der Waals surface area contributed by atoms with E-state index < -0.39 is 10.0 Å². The van der Waals surface area contributed by atoms with Crippen molar-refractivity contribution < 1.29 is 13.2 Å². The number of hydrogen-bond donors (Lipinski definition) is 1. The Hall–Kier alpha value is -1.11. The first-order valence-electron chi connectivity index (χ1n) is 6.02. The predicted octanol–water partition coefficient (Wildman–Crippen LogP) is 1.24. The van der Waals surface area contributed by atoms with E-state index in [9.17, 15) is 13.2 Å². The van der Waals surface area contributed by atoms with Gasteiger partial charge >= 0.3 is 0 Å². The highest BCUT2D eigenvalue weighted by molar-refractivity contribution is 7.89. The maximum atomic E-state index is 11.9. The second kappa shape index (κ2) is 5.90. The summed E-state index contributed by atoms with van der Waals surface area (Å²) in [5.41, 5.74) is 0. The molecule has 1 aromatic carbocycles. The highest BCUT2D eigenvalue weighted by Crippen LogP contribution is 2.15. The number of rotatable bonds is 5. The van der Waals surface area contributed by atoms with Crippen molar-refractivity contribution in [3.63, 3.8) is 0 Å². The van der Waals surface area contributed by atoms with Crippen molar-refractivity contribution in [3.8, 4) is 0 Å². The molecule has 1 saturated heterocycles. The first kappa shape index (κ1) is 14.3. The van der Waals surface area contributed by atoms with Crippen LogP contribution in [0.5, 0.6) is 0 Å². The molecule has 1 amide bonds. The molecule has 2 rings (SSSR count). The smallest absolute Gasteiger partial charge is 0.240 e. The zero-order chi connectivity index (χ0) is 13.9. The van der Waals surface area contributed by atoms with Crippen molar-refractivity contribution in [2.24, 2.45) is 0 Å². The molecule has 0 bridgehead atoms. The lowest BCUT2D eigenvalue weighted by molar-refractivity contribution is -0.134. The van der Waals surface area contributed by atoms with Crippen LogP contribution in [0.15, 0.2) is 29.2 Å². The van der Waals surface area contributed by atoms with E-state index in [-0.39, 0.29) is 23.8 Å². The van der Waals surface area contributed by atoms with Crippen LogP contribution >= 0.6 is 11.6 Å². The average molecular weight is 303 g/mol. The molecule has 1 fully saturated rings. The maximum Gasteiger partial charge on any atom is 0.240 e. The summed E-state index contributed by atoms with van der Waals surface area (Å²) in [7, 11) is -3.60. The zero-order valence-electron chi connectivity index (χ0n) is 10.3. The Morgan fingerprint density at radius 2 is 2.11 bits per heavy atom. The lowest BCUT2D eigenvalue weighted by Crippen LogP contribution is -2.43. The van der Waals surface area contributed by atoms with E-state index in [1.807, 2.05) is 0 Å². The zero-order valence-corrected chi connectivity index (χ0v) is 11.9. The number of benzene rings is 1. The van der Waals surface area contributed by atoms with Crippen molar-refractivity contribution in [1.29, 1.82) is 0 Å². The third-order valence-electron chi connectivity index (χ3n) is 2.95. The minimum atomic E-state index is -3.60. The molecule has 0 atom stereocenters. The lowest BCUT2D eigenvalue weighted by atomic mass is 10.2. The highest BCUT2D eigenvalue weighted by atomic mass is 35.5. The van der Waals surface area contributed by atoms with Gasteiger partial charge in [0.2, 0.25) is 15.9 Å². The number of sulfonamides is 1. The Kier molecular flexibility index (Phi) is 4.44. The van der Waals surface area contributed by atoms with Crippen LogP contribution < -0.4 is 4.72 Å². The van der Waals surface area contributed by atoms with Gasteiger partial charge in [0.25, 0.3) is 0 Å². The van der Waals surface area contributed by atoms with Gasteiger partial charge < -0.3 is 4.90 Å². The van der Waals surface area contributed by atoms with Crippen molar-refractivity contribution in [3.05, 3.63) is 29.3 Å². The van der Waals surface area contributed by atoms with Crippen LogP contribution in [0.1, 0.15) is 12.8 Å². The first-order valence-corrected chi connectivity index (χ1v) is 7.88. The third kappa shape index (κ3) is 3.68. The molecule has 7 heteroatoms. The topological polar surface area (TPSA) is 66.5 Å². The Bertz CT molecular complexity index is 570. The summed E-state index contributed by atoms with van der Waals surface area (Å²) >= 11 is 5.75. The molecular weight excluding hydrogens is 288 g/mol. The van der Waals surface area contributed by atoms with E-state index in [1.54, 1.807) is 17.0 Å². The van der Waals surface area contributed by atoms with Crippen LogP contribution in [0, 0.1) is 0 Å². The summed E-state index contributed by atoms with van der Waals surface area (Å²) < 4.78 is 26.3.